The molecule has 0 spiro atoms. The van der Waals surface area contributed by atoms with Gasteiger partial charge in [-0.05, 0) is 13.0 Å². The molecule has 0 amide bonds. The second kappa shape index (κ2) is 6.16. The van der Waals surface area contributed by atoms with Crippen LogP contribution in [0.1, 0.15) is 26.3 Å². The first kappa shape index (κ1) is 13.3. The number of anilines is 1. The van der Waals surface area contributed by atoms with Crippen molar-refractivity contribution in [2.24, 2.45) is 0 Å². The fourth-order valence-electron chi connectivity index (χ4n) is 2.18. The van der Waals surface area contributed by atoms with Crippen LogP contribution in [0.4, 0.5) is 5.82 Å². The average Bonchev–Trinajstić information content (AvgIpc) is 2.37. The molecule has 1 N–H and O–H groups in total. The number of nitrogens with zero attached hydrogens (tertiary/aromatic N) is 2. The number of rotatable bonds is 4. The Hall–Kier alpha value is -1.13. The van der Waals surface area contributed by atoms with Crippen LogP contribution in [0, 0.1) is 0 Å². The highest BCUT2D eigenvalue weighted by Crippen LogP contribution is 2.21. The molecule has 2 heterocycles. The van der Waals surface area contributed by atoms with Crippen LogP contribution in [0.3, 0.4) is 0 Å². The lowest BCUT2D eigenvalue weighted by atomic mass is 10.2. The zero-order valence-corrected chi connectivity index (χ0v) is 11.5. The number of nitrogens with one attached hydrogen (secondary N) is 1. The number of morpholine rings is 1. The Morgan fingerprint density at radius 3 is 3.11 bits per heavy atom. The predicted octanol–water partition coefficient (Wildman–Crippen LogP) is 1.80. The molecule has 1 unspecified atom stereocenters. The van der Waals surface area contributed by atoms with Crippen LogP contribution in [-0.4, -0.2) is 36.8 Å². The minimum atomic E-state index is 0.395. The highest BCUT2D eigenvalue weighted by atomic mass is 16.5. The van der Waals surface area contributed by atoms with Crippen LogP contribution >= 0.6 is 0 Å². The number of pyridine rings is 1. The second-order valence-electron chi connectivity index (χ2n) is 5.14. The maximum Gasteiger partial charge on any atom is 0.133 e. The van der Waals surface area contributed by atoms with Crippen molar-refractivity contribution in [3.05, 3.63) is 23.9 Å². The summed E-state index contributed by atoms with van der Waals surface area (Å²) in [6.45, 7) is 9.87. The smallest absolute Gasteiger partial charge is 0.133 e. The molecular weight excluding hydrogens is 226 g/mol. The lowest BCUT2D eigenvalue weighted by molar-refractivity contribution is 0.0984. The third-order valence-electron chi connectivity index (χ3n) is 3.21. The summed E-state index contributed by atoms with van der Waals surface area (Å²) in [5.74, 6) is 1.10. The molecule has 1 aliphatic rings. The molecule has 0 radical (unpaired) electrons. The van der Waals surface area contributed by atoms with Crippen molar-refractivity contribution in [3.63, 3.8) is 0 Å². The van der Waals surface area contributed by atoms with Gasteiger partial charge in [0.05, 0.1) is 19.3 Å². The summed E-state index contributed by atoms with van der Waals surface area (Å²) in [7, 11) is 0. The van der Waals surface area contributed by atoms with Crippen molar-refractivity contribution in [2.45, 2.75) is 39.4 Å². The Morgan fingerprint density at radius 1 is 1.56 bits per heavy atom. The van der Waals surface area contributed by atoms with Crippen molar-refractivity contribution in [1.82, 2.24) is 10.3 Å². The predicted molar refractivity (Wildman–Crippen MR) is 73.8 cm³/mol. The Labute approximate surface area is 109 Å². The van der Waals surface area contributed by atoms with Gasteiger partial charge >= 0.3 is 0 Å². The van der Waals surface area contributed by atoms with Gasteiger partial charge in [0.1, 0.15) is 5.82 Å². The zero-order valence-electron chi connectivity index (χ0n) is 11.5. The first-order valence-electron chi connectivity index (χ1n) is 6.70. The molecule has 1 saturated heterocycles. The van der Waals surface area contributed by atoms with Crippen LogP contribution < -0.4 is 10.2 Å². The monoisotopic (exact) mass is 249 g/mol. The van der Waals surface area contributed by atoms with Gasteiger partial charge in [-0.15, -0.1) is 0 Å². The first-order valence-corrected chi connectivity index (χ1v) is 6.70. The summed E-state index contributed by atoms with van der Waals surface area (Å²) < 4.78 is 5.49. The number of ether oxygens (including phenoxy) is 1. The van der Waals surface area contributed by atoms with Crippen molar-refractivity contribution >= 4 is 5.82 Å². The third kappa shape index (κ3) is 3.21. The summed E-state index contributed by atoms with van der Waals surface area (Å²) in [5, 5.41) is 3.46. The fourth-order valence-corrected chi connectivity index (χ4v) is 2.18. The summed E-state index contributed by atoms with van der Waals surface area (Å²) in [6.07, 6.45) is 1.87. The maximum absolute atomic E-state index is 5.49. The molecular formula is C14H23N3O. The van der Waals surface area contributed by atoms with E-state index in [4.69, 9.17) is 4.74 Å². The highest BCUT2D eigenvalue weighted by Gasteiger charge is 2.22. The lowest BCUT2D eigenvalue weighted by Crippen LogP contribution is -2.44. The van der Waals surface area contributed by atoms with Gasteiger partial charge in [-0.3, -0.25) is 0 Å². The van der Waals surface area contributed by atoms with E-state index in [2.05, 4.69) is 42.0 Å². The van der Waals surface area contributed by atoms with Gasteiger partial charge < -0.3 is 15.0 Å². The van der Waals surface area contributed by atoms with E-state index in [-0.39, 0.29) is 0 Å². The Morgan fingerprint density at radius 2 is 2.39 bits per heavy atom. The minimum absolute atomic E-state index is 0.395. The molecule has 4 nitrogen and oxygen atoms in total. The van der Waals surface area contributed by atoms with Crippen LogP contribution in [-0.2, 0) is 11.3 Å². The van der Waals surface area contributed by atoms with E-state index in [1.165, 1.54) is 5.56 Å². The van der Waals surface area contributed by atoms with Gasteiger partial charge in [-0.1, -0.05) is 19.9 Å². The van der Waals surface area contributed by atoms with Gasteiger partial charge in [-0.2, -0.15) is 0 Å². The minimum Gasteiger partial charge on any atom is -0.377 e. The Balaban J connectivity index is 2.15. The number of hydrogen-bond acceptors (Lipinski definition) is 4. The quantitative estimate of drug-likeness (QED) is 0.883. The van der Waals surface area contributed by atoms with E-state index in [1.54, 1.807) is 0 Å². The standard InChI is InChI=1S/C14H23N3O/c1-11(2)16-9-13-5-4-6-15-14(13)17-7-8-18-10-12(17)3/h4-6,11-12,16H,7-10H2,1-3H3. The largest absolute Gasteiger partial charge is 0.377 e. The van der Waals surface area contributed by atoms with Crippen LogP contribution in [0.2, 0.25) is 0 Å². The van der Waals surface area contributed by atoms with E-state index in [0.717, 1.165) is 32.1 Å². The molecule has 4 heteroatoms. The Kier molecular flexibility index (Phi) is 4.55. The maximum atomic E-state index is 5.49. The van der Waals surface area contributed by atoms with E-state index in [1.807, 2.05) is 12.3 Å². The van der Waals surface area contributed by atoms with Gasteiger partial charge in [0.2, 0.25) is 0 Å². The highest BCUT2D eigenvalue weighted by molar-refractivity contribution is 5.48. The van der Waals surface area contributed by atoms with Crippen molar-refractivity contribution in [3.8, 4) is 0 Å². The summed E-state index contributed by atoms with van der Waals surface area (Å²) >= 11 is 0. The zero-order chi connectivity index (χ0) is 13.0. The molecule has 1 aromatic rings. The van der Waals surface area contributed by atoms with Gasteiger partial charge in [0, 0.05) is 30.9 Å². The normalized spacial score (nSPS) is 20.4. The van der Waals surface area contributed by atoms with Crippen molar-refractivity contribution in [2.75, 3.05) is 24.7 Å². The first-order chi connectivity index (χ1) is 8.68. The van der Waals surface area contributed by atoms with E-state index < -0.39 is 0 Å². The van der Waals surface area contributed by atoms with Crippen LogP contribution in [0.25, 0.3) is 0 Å². The molecule has 100 valence electrons. The van der Waals surface area contributed by atoms with Crippen molar-refractivity contribution in [1.29, 1.82) is 0 Å². The molecule has 0 aromatic carbocycles. The molecule has 1 aromatic heterocycles. The lowest BCUT2D eigenvalue weighted by Gasteiger charge is -2.35. The summed E-state index contributed by atoms with van der Waals surface area (Å²) in [4.78, 5) is 6.91. The second-order valence-corrected chi connectivity index (χ2v) is 5.14. The average molecular weight is 249 g/mol. The summed E-state index contributed by atoms with van der Waals surface area (Å²) in [5.41, 5.74) is 1.26. The Bertz CT molecular complexity index is 381. The fraction of sp³-hybridized carbons (Fsp3) is 0.643. The molecule has 1 atom stereocenters. The van der Waals surface area contributed by atoms with Gasteiger partial charge in [0.25, 0.3) is 0 Å². The number of hydrogen-bond donors (Lipinski definition) is 1. The molecule has 2 rings (SSSR count). The molecule has 1 aliphatic heterocycles. The van der Waals surface area contributed by atoms with Crippen LogP contribution in [0.15, 0.2) is 18.3 Å². The van der Waals surface area contributed by atoms with E-state index in [0.29, 0.717) is 12.1 Å². The SMILES string of the molecule is CC(C)NCc1cccnc1N1CCOCC1C. The third-order valence-corrected chi connectivity index (χ3v) is 3.21. The van der Waals surface area contributed by atoms with Crippen molar-refractivity contribution < 1.29 is 4.74 Å². The molecule has 18 heavy (non-hydrogen) atoms. The molecule has 0 saturated carbocycles. The molecule has 1 fully saturated rings. The van der Waals surface area contributed by atoms with Gasteiger partial charge in [-0.25, -0.2) is 4.98 Å². The molecule has 0 aliphatic carbocycles. The van der Waals surface area contributed by atoms with Gasteiger partial charge in [0.15, 0.2) is 0 Å². The topological polar surface area (TPSA) is 37.4 Å². The van der Waals surface area contributed by atoms with E-state index in [9.17, 15) is 0 Å². The molecule has 0 bridgehead atoms. The van der Waals surface area contributed by atoms with Crippen LogP contribution in [0.5, 0.6) is 0 Å². The van der Waals surface area contributed by atoms with E-state index >= 15 is 0 Å². The summed E-state index contributed by atoms with van der Waals surface area (Å²) in [6, 6.07) is 5.04. The number of aromatic nitrogens is 1.